The molecule has 1 aromatic carbocycles. The average Bonchev–Trinajstić information content (AvgIpc) is 2.38. The van der Waals surface area contributed by atoms with Gasteiger partial charge in [0.2, 0.25) is 5.91 Å². The fourth-order valence-corrected chi connectivity index (χ4v) is 2.15. The van der Waals surface area contributed by atoms with E-state index in [1.807, 2.05) is 6.92 Å². The third-order valence-electron chi connectivity index (χ3n) is 2.84. The van der Waals surface area contributed by atoms with Gasteiger partial charge in [-0.2, -0.15) is 0 Å². The number of amides is 1. The Balaban J connectivity index is 2.65. The molecule has 1 rings (SSSR count). The highest BCUT2D eigenvalue weighted by Gasteiger charge is 2.19. The van der Waals surface area contributed by atoms with E-state index in [1.54, 1.807) is 0 Å². The Kier molecular flexibility index (Phi) is 6.64. The van der Waals surface area contributed by atoms with E-state index < -0.39 is 23.7 Å². The van der Waals surface area contributed by atoms with Gasteiger partial charge in [-0.15, -0.1) is 0 Å². The van der Waals surface area contributed by atoms with Crippen LogP contribution in [0.1, 0.15) is 31.7 Å². The first-order valence-electron chi connectivity index (χ1n) is 6.40. The molecule has 0 saturated carbocycles. The largest absolute Gasteiger partial charge is 0.480 e. The number of carbonyl (C=O) groups excluding carboxylic acids is 1. The zero-order valence-electron chi connectivity index (χ0n) is 11.2. The topological polar surface area (TPSA) is 66.4 Å². The molecule has 2 N–H and O–H groups in total. The molecule has 4 nitrogen and oxygen atoms in total. The molecule has 0 radical (unpaired) electrons. The molecule has 6 heteroatoms. The van der Waals surface area contributed by atoms with Crippen molar-refractivity contribution in [3.05, 3.63) is 34.1 Å². The van der Waals surface area contributed by atoms with Crippen molar-refractivity contribution in [2.45, 2.75) is 38.6 Å². The second-order valence-electron chi connectivity index (χ2n) is 4.51. The first kappa shape index (κ1) is 16.6. The molecule has 1 unspecified atom stereocenters. The van der Waals surface area contributed by atoms with Crippen molar-refractivity contribution >= 4 is 27.8 Å². The van der Waals surface area contributed by atoms with Crippen LogP contribution in [0.15, 0.2) is 22.7 Å². The number of nitrogens with one attached hydrogen (secondary N) is 1. The summed E-state index contributed by atoms with van der Waals surface area (Å²) in [5, 5.41) is 11.5. The van der Waals surface area contributed by atoms with Crippen molar-refractivity contribution in [1.29, 1.82) is 0 Å². The number of aliphatic carboxylic acids is 1. The molecule has 0 aliphatic heterocycles. The highest BCUT2D eigenvalue weighted by atomic mass is 79.9. The lowest BCUT2D eigenvalue weighted by atomic mass is 10.1. The molecule has 1 amide bonds. The van der Waals surface area contributed by atoms with Crippen molar-refractivity contribution in [3.8, 4) is 0 Å². The van der Waals surface area contributed by atoms with E-state index in [9.17, 15) is 14.0 Å². The molecule has 0 spiro atoms. The lowest BCUT2D eigenvalue weighted by Gasteiger charge is -2.14. The summed E-state index contributed by atoms with van der Waals surface area (Å²) in [6, 6.07) is 3.16. The Morgan fingerprint density at radius 3 is 2.75 bits per heavy atom. The molecule has 0 fully saturated rings. The molecule has 0 saturated heterocycles. The van der Waals surface area contributed by atoms with Crippen molar-refractivity contribution in [3.63, 3.8) is 0 Å². The molecule has 20 heavy (non-hydrogen) atoms. The second-order valence-corrected chi connectivity index (χ2v) is 5.37. The Morgan fingerprint density at radius 2 is 2.15 bits per heavy atom. The van der Waals surface area contributed by atoms with E-state index in [0.717, 1.165) is 12.8 Å². The van der Waals surface area contributed by atoms with E-state index in [1.165, 1.54) is 18.2 Å². The van der Waals surface area contributed by atoms with Crippen LogP contribution in [0, 0.1) is 5.82 Å². The van der Waals surface area contributed by atoms with Gasteiger partial charge in [-0.25, -0.2) is 9.18 Å². The molecule has 0 aliphatic rings. The molecule has 0 bridgehead atoms. The van der Waals surface area contributed by atoms with E-state index >= 15 is 0 Å². The van der Waals surface area contributed by atoms with Gasteiger partial charge >= 0.3 is 5.97 Å². The van der Waals surface area contributed by atoms with Gasteiger partial charge in [0.25, 0.3) is 0 Å². The average molecular weight is 346 g/mol. The number of carboxylic acid groups (broad SMARTS) is 1. The fourth-order valence-electron chi connectivity index (χ4n) is 1.76. The standard InChI is InChI=1S/C14H17BrFNO3/c1-2-3-4-12(14(19)20)17-13(18)8-9-7-10(16)5-6-11(9)15/h5-7,12H,2-4,8H2,1H3,(H,17,18)(H,19,20). The van der Waals surface area contributed by atoms with E-state index in [2.05, 4.69) is 21.2 Å². The first-order chi connectivity index (χ1) is 9.43. The van der Waals surface area contributed by atoms with Gasteiger partial charge in [0.15, 0.2) is 0 Å². The highest BCUT2D eigenvalue weighted by molar-refractivity contribution is 9.10. The van der Waals surface area contributed by atoms with E-state index in [0.29, 0.717) is 16.5 Å². The van der Waals surface area contributed by atoms with Gasteiger partial charge in [0.1, 0.15) is 11.9 Å². The molecule has 0 aliphatic carbocycles. The van der Waals surface area contributed by atoms with E-state index in [4.69, 9.17) is 5.11 Å². The maximum Gasteiger partial charge on any atom is 0.326 e. The Morgan fingerprint density at radius 1 is 1.45 bits per heavy atom. The van der Waals surface area contributed by atoms with Gasteiger partial charge in [0, 0.05) is 4.47 Å². The summed E-state index contributed by atoms with van der Waals surface area (Å²) < 4.78 is 13.7. The molecule has 110 valence electrons. The van der Waals surface area contributed by atoms with Gasteiger partial charge in [-0.05, 0) is 30.2 Å². The monoisotopic (exact) mass is 345 g/mol. The molecular weight excluding hydrogens is 329 g/mol. The van der Waals surface area contributed by atoms with Gasteiger partial charge in [0.05, 0.1) is 6.42 Å². The third kappa shape index (κ3) is 5.28. The SMILES string of the molecule is CCCCC(NC(=O)Cc1cc(F)ccc1Br)C(=O)O. The van der Waals surface area contributed by atoms with Crippen LogP contribution in [-0.2, 0) is 16.0 Å². The predicted molar refractivity (Wildman–Crippen MR) is 76.9 cm³/mol. The van der Waals surface area contributed by atoms with Gasteiger partial charge < -0.3 is 10.4 Å². The number of hydrogen-bond donors (Lipinski definition) is 2. The lowest BCUT2D eigenvalue weighted by Crippen LogP contribution is -2.41. The van der Waals surface area contributed by atoms with Crippen LogP contribution in [0.5, 0.6) is 0 Å². The summed E-state index contributed by atoms with van der Waals surface area (Å²) in [6.07, 6.45) is 1.91. The lowest BCUT2D eigenvalue weighted by molar-refractivity contribution is -0.142. The van der Waals surface area contributed by atoms with Crippen molar-refractivity contribution in [1.82, 2.24) is 5.32 Å². The number of carboxylic acids is 1. The minimum atomic E-state index is -1.05. The van der Waals surface area contributed by atoms with Crippen LogP contribution in [-0.4, -0.2) is 23.0 Å². The Labute approximate surface area is 125 Å². The van der Waals surface area contributed by atoms with Crippen molar-refractivity contribution < 1.29 is 19.1 Å². The molecule has 0 heterocycles. The minimum absolute atomic E-state index is 0.0613. The minimum Gasteiger partial charge on any atom is -0.480 e. The number of hydrogen-bond acceptors (Lipinski definition) is 2. The zero-order valence-corrected chi connectivity index (χ0v) is 12.7. The van der Waals surface area contributed by atoms with Crippen LogP contribution in [0.4, 0.5) is 4.39 Å². The molecule has 1 atom stereocenters. The zero-order chi connectivity index (χ0) is 15.1. The van der Waals surface area contributed by atoms with Crippen LogP contribution >= 0.6 is 15.9 Å². The summed E-state index contributed by atoms with van der Waals surface area (Å²) >= 11 is 3.23. The predicted octanol–water partition coefficient (Wildman–Crippen LogP) is 2.89. The summed E-state index contributed by atoms with van der Waals surface area (Å²) in [7, 11) is 0. The maximum atomic E-state index is 13.1. The maximum absolute atomic E-state index is 13.1. The number of benzene rings is 1. The van der Waals surface area contributed by atoms with Crippen LogP contribution in [0.2, 0.25) is 0 Å². The van der Waals surface area contributed by atoms with Gasteiger partial charge in [-0.3, -0.25) is 4.79 Å². The quantitative estimate of drug-likeness (QED) is 0.798. The second kappa shape index (κ2) is 7.99. The first-order valence-corrected chi connectivity index (χ1v) is 7.19. The number of carbonyl (C=O) groups is 2. The molecule has 0 aromatic heterocycles. The Hall–Kier alpha value is -1.43. The summed E-state index contributed by atoms with van der Waals surface area (Å²) in [5.41, 5.74) is 0.488. The number of rotatable bonds is 7. The van der Waals surface area contributed by atoms with E-state index in [-0.39, 0.29) is 6.42 Å². The smallest absolute Gasteiger partial charge is 0.326 e. The van der Waals surface area contributed by atoms with Crippen molar-refractivity contribution in [2.24, 2.45) is 0 Å². The third-order valence-corrected chi connectivity index (χ3v) is 3.61. The molecule has 1 aromatic rings. The Bertz CT molecular complexity index is 493. The summed E-state index contributed by atoms with van der Waals surface area (Å²) in [6.45, 7) is 1.95. The molecular formula is C14H17BrFNO3. The highest BCUT2D eigenvalue weighted by Crippen LogP contribution is 2.18. The fraction of sp³-hybridized carbons (Fsp3) is 0.429. The van der Waals surface area contributed by atoms with Crippen LogP contribution < -0.4 is 5.32 Å². The summed E-state index contributed by atoms with van der Waals surface area (Å²) in [4.78, 5) is 22.9. The van der Waals surface area contributed by atoms with Gasteiger partial charge in [-0.1, -0.05) is 35.7 Å². The number of unbranched alkanes of at least 4 members (excludes halogenated alkanes) is 1. The van der Waals surface area contributed by atoms with Crippen LogP contribution in [0.3, 0.4) is 0 Å². The normalized spacial score (nSPS) is 11.9. The summed E-state index contributed by atoms with van der Waals surface area (Å²) in [5.74, 6) is -1.92. The number of halogens is 2. The van der Waals surface area contributed by atoms with Crippen LogP contribution in [0.25, 0.3) is 0 Å². The van der Waals surface area contributed by atoms with Crippen molar-refractivity contribution in [2.75, 3.05) is 0 Å².